The van der Waals surface area contributed by atoms with Crippen LogP contribution in [0.4, 0.5) is 0 Å². The molecular weight excluding hydrogens is 352 g/mol. The van der Waals surface area contributed by atoms with Crippen molar-refractivity contribution in [2.75, 3.05) is 7.11 Å². The number of aryl methyl sites for hydroxylation is 1. The Balaban J connectivity index is 1.78. The second kappa shape index (κ2) is 7.31. The van der Waals surface area contributed by atoms with E-state index in [1.54, 1.807) is 43.5 Å². The van der Waals surface area contributed by atoms with Crippen LogP contribution in [0.2, 0.25) is 0 Å². The minimum absolute atomic E-state index is 0.0727. The zero-order chi connectivity index (χ0) is 18.7. The third-order valence-corrected chi connectivity index (χ3v) is 5.39. The van der Waals surface area contributed by atoms with Crippen molar-refractivity contribution in [1.29, 1.82) is 0 Å². The standard InChI is InChI=1S/C19H20N2O4S/c1-13-3-5-14(6-4-13)12-26(23,24)20-11-16-9-15-10-17(25-2)7-8-18(15)21-19(16)22/h3-10,20H,11-12H2,1-2H3,(H,21,22). The number of aromatic nitrogens is 1. The molecule has 3 rings (SSSR count). The Morgan fingerprint density at radius 3 is 2.50 bits per heavy atom. The molecular formula is C19H20N2O4S. The summed E-state index contributed by atoms with van der Waals surface area (Å²) in [4.78, 5) is 14.9. The summed E-state index contributed by atoms with van der Waals surface area (Å²) in [7, 11) is -1.99. The van der Waals surface area contributed by atoms with E-state index in [9.17, 15) is 13.2 Å². The molecule has 0 saturated heterocycles. The molecule has 0 spiro atoms. The summed E-state index contributed by atoms with van der Waals surface area (Å²) in [6, 6.07) is 14.3. The summed E-state index contributed by atoms with van der Waals surface area (Å²) in [5.41, 5.74) is 2.46. The fourth-order valence-electron chi connectivity index (χ4n) is 2.63. The van der Waals surface area contributed by atoms with Crippen LogP contribution in [0.1, 0.15) is 16.7 Å². The van der Waals surface area contributed by atoms with E-state index < -0.39 is 10.0 Å². The molecule has 136 valence electrons. The lowest BCUT2D eigenvalue weighted by atomic mass is 10.1. The highest BCUT2D eigenvalue weighted by Crippen LogP contribution is 2.18. The zero-order valence-electron chi connectivity index (χ0n) is 14.6. The van der Waals surface area contributed by atoms with E-state index in [0.29, 0.717) is 22.4 Å². The molecule has 1 heterocycles. The minimum Gasteiger partial charge on any atom is -0.497 e. The van der Waals surface area contributed by atoms with E-state index in [4.69, 9.17) is 4.74 Å². The molecule has 0 radical (unpaired) electrons. The molecule has 3 aromatic rings. The van der Waals surface area contributed by atoms with Crippen LogP contribution >= 0.6 is 0 Å². The lowest BCUT2D eigenvalue weighted by Crippen LogP contribution is -2.28. The van der Waals surface area contributed by atoms with Crippen molar-refractivity contribution in [2.45, 2.75) is 19.2 Å². The van der Waals surface area contributed by atoms with Crippen LogP contribution in [0.25, 0.3) is 10.9 Å². The van der Waals surface area contributed by atoms with Gasteiger partial charge in [-0.25, -0.2) is 13.1 Å². The van der Waals surface area contributed by atoms with Gasteiger partial charge in [-0.2, -0.15) is 0 Å². The van der Waals surface area contributed by atoms with Crippen LogP contribution in [-0.4, -0.2) is 20.5 Å². The maximum atomic E-state index is 12.3. The van der Waals surface area contributed by atoms with Gasteiger partial charge in [-0.1, -0.05) is 29.8 Å². The normalized spacial score (nSPS) is 11.6. The summed E-state index contributed by atoms with van der Waals surface area (Å²) < 4.78 is 32.3. The molecule has 0 saturated carbocycles. The van der Waals surface area contributed by atoms with Crippen molar-refractivity contribution < 1.29 is 13.2 Å². The number of H-pyrrole nitrogens is 1. The second-order valence-corrected chi connectivity index (χ2v) is 7.95. The van der Waals surface area contributed by atoms with E-state index in [2.05, 4.69) is 9.71 Å². The van der Waals surface area contributed by atoms with Gasteiger partial charge in [0.05, 0.1) is 12.9 Å². The first-order chi connectivity index (χ1) is 12.4. The average Bonchev–Trinajstić information content (AvgIpc) is 2.61. The smallest absolute Gasteiger partial charge is 0.252 e. The lowest BCUT2D eigenvalue weighted by Gasteiger charge is -2.08. The van der Waals surface area contributed by atoms with Crippen molar-refractivity contribution in [3.05, 3.63) is 75.6 Å². The number of fused-ring (bicyclic) bond motifs is 1. The first kappa shape index (κ1) is 18.2. The maximum absolute atomic E-state index is 12.3. The summed E-state index contributed by atoms with van der Waals surface area (Å²) in [6.45, 7) is 1.87. The number of hydrogen-bond acceptors (Lipinski definition) is 4. The van der Waals surface area contributed by atoms with Gasteiger partial charge in [-0.15, -0.1) is 0 Å². The van der Waals surface area contributed by atoms with E-state index in [-0.39, 0.29) is 17.9 Å². The number of sulfonamides is 1. The van der Waals surface area contributed by atoms with E-state index >= 15 is 0 Å². The molecule has 0 aliphatic carbocycles. The van der Waals surface area contributed by atoms with E-state index in [1.165, 1.54) is 0 Å². The quantitative estimate of drug-likeness (QED) is 0.696. The molecule has 6 nitrogen and oxygen atoms in total. The van der Waals surface area contributed by atoms with Crippen LogP contribution in [0, 0.1) is 6.92 Å². The fourth-order valence-corrected chi connectivity index (χ4v) is 3.74. The third kappa shape index (κ3) is 4.30. The number of hydrogen-bond donors (Lipinski definition) is 2. The van der Waals surface area contributed by atoms with E-state index in [1.807, 2.05) is 19.1 Å². The SMILES string of the molecule is COc1ccc2[nH]c(=O)c(CNS(=O)(=O)Cc3ccc(C)cc3)cc2c1. The molecule has 0 aliphatic rings. The Morgan fingerprint density at radius 2 is 1.81 bits per heavy atom. The Kier molecular flexibility index (Phi) is 5.11. The van der Waals surface area contributed by atoms with Crippen LogP contribution in [-0.2, 0) is 22.3 Å². The monoisotopic (exact) mass is 372 g/mol. The van der Waals surface area contributed by atoms with Gasteiger partial charge in [-0.3, -0.25) is 4.79 Å². The Morgan fingerprint density at radius 1 is 1.08 bits per heavy atom. The number of nitrogens with one attached hydrogen (secondary N) is 2. The van der Waals surface area contributed by atoms with Crippen molar-refractivity contribution in [3.63, 3.8) is 0 Å². The molecule has 2 N–H and O–H groups in total. The largest absolute Gasteiger partial charge is 0.497 e. The predicted octanol–water partition coefficient (Wildman–Crippen LogP) is 2.46. The number of ether oxygens (including phenoxy) is 1. The fraction of sp³-hybridized carbons (Fsp3) is 0.211. The number of benzene rings is 2. The molecule has 0 atom stereocenters. The van der Waals surface area contributed by atoms with Crippen molar-refractivity contribution in [2.24, 2.45) is 0 Å². The van der Waals surface area contributed by atoms with Crippen LogP contribution < -0.4 is 15.0 Å². The summed E-state index contributed by atoms with van der Waals surface area (Å²) in [6.07, 6.45) is 0. The maximum Gasteiger partial charge on any atom is 0.252 e. The summed E-state index contributed by atoms with van der Waals surface area (Å²) >= 11 is 0. The molecule has 0 amide bonds. The molecule has 0 unspecified atom stereocenters. The Bertz CT molecular complexity index is 1090. The van der Waals surface area contributed by atoms with Gasteiger partial charge in [0, 0.05) is 23.0 Å². The van der Waals surface area contributed by atoms with Gasteiger partial charge in [0.2, 0.25) is 10.0 Å². The zero-order valence-corrected chi connectivity index (χ0v) is 15.4. The molecule has 7 heteroatoms. The molecule has 2 aromatic carbocycles. The van der Waals surface area contributed by atoms with Crippen LogP contribution in [0.5, 0.6) is 5.75 Å². The van der Waals surface area contributed by atoms with Crippen LogP contribution in [0.3, 0.4) is 0 Å². The van der Waals surface area contributed by atoms with E-state index in [0.717, 1.165) is 10.9 Å². The number of methoxy groups -OCH3 is 1. The number of rotatable bonds is 6. The second-order valence-electron chi connectivity index (χ2n) is 6.14. The first-order valence-corrected chi connectivity index (χ1v) is 9.74. The highest BCUT2D eigenvalue weighted by Gasteiger charge is 2.13. The molecule has 1 aromatic heterocycles. The van der Waals surface area contributed by atoms with Crippen molar-refractivity contribution in [1.82, 2.24) is 9.71 Å². The van der Waals surface area contributed by atoms with Crippen molar-refractivity contribution >= 4 is 20.9 Å². The Hall–Kier alpha value is -2.64. The van der Waals surface area contributed by atoms with Gasteiger partial charge in [0.1, 0.15) is 5.75 Å². The van der Waals surface area contributed by atoms with Gasteiger partial charge in [0.15, 0.2) is 0 Å². The number of aromatic amines is 1. The minimum atomic E-state index is -3.56. The summed E-state index contributed by atoms with van der Waals surface area (Å²) in [5.74, 6) is 0.530. The van der Waals surface area contributed by atoms with Gasteiger partial charge >= 0.3 is 0 Å². The van der Waals surface area contributed by atoms with Gasteiger partial charge in [-0.05, 0) is 36.8 Å². The first-order valence-electron chi connectivity index (χ1n) is 8.09. The molecule has 0 aliphatic heterocycles. The molecule has 26 heavy (non-hydrogen) atoms. The van der Waals surface area contributed by atoms with Crippen LogP contribution in [0.15, 0.2) is 53.3 Å². The predicted molar refractivity (Wildman–Crippen MR) is 102 cm³/mol. The third-order valence-electron chi connectivity index (χ3n) is 4.09. The van der Waals surface area contributed by atoms with Gasteiger partial charge in [0.25, 0.3) is 5.56 Å². The molecule has 0 fully saturated rings. The number of pyridine rings is 1. The Labute approximate surface area is 151 Å². The average molecular weight is 372 g/mol. The van der Waals surface area contributed by atoms with Gasteiger partial charge < -0.3 is 9.72 Å². The molecule has 0 bridgehead atoms. The summed E-state index contributed by atoms with van der Waals surface area (Å²) in [5, 5.41) is 0.775. The lowest BCUT2D eigenvalue weighted by molar-refractivity contribution is 0.415. The highest BCUT2D eigenvalue weighted by atomic mass is 32.2. The highest BCUT2D eigenvalue weighted by molar-refractivity contribution is 7.88. The van der Waals surface area contributed by atoms with Crippen molar-refractivity contribution in [3.8, 4) is 5.75 Å². The topological polar surface area (TPSA) is 88.3 Å².